The van der Waals surface area contributed by atoms with Crippen LogP contribution in [-0.4, -0.2) is 34.8 Å². The van der Waals surface area contributed by atoms with Gasteiger partial charge in [0.2, 0.25) is 0 Å². The van der Waals surface area contributed by atoms with Crippen molar-refractivity contribution < 1.29 is 0 Å². The summed E-state index contributed by atoms with van der Waals surface area (Å²) < 4.78 is 0. The number of rotatable bonds is 5. The second-order valence-corrected chi connectivity index (χ2v) is 4.52. The molecule has 0 aliphatic heterocycles. The SMILES string of the molecule is C=C([SiH3])C(C)CN(CC)CC. The van der Waals surface area contributed by atoms with Crippen LogP contribution in [0.3, 0.4) is 0 Å². The van der Waals surface area contributed by atoms with Gasteiger partial charge in [-0.3, -0.25) is 0 Å². The van der Waals surface area contributed by atoms with E-state index >= 15 is 0 Å². The average molecular weight is 171 g/mol. The molecule has 0 aromatic carbocycles. The molecule has 0 bridgehead atoms. The molecule has 0 aliphatic rings. The van der Waals surface area contributed by atoms with Gasteiger partial charge in [-0.25, -0.2) is 0 Å². The number of hydrogen-bond donors (Lipinski definition) is 0. The van der Waals surface area contributed by atoms with E-state index in [4.69, 9.17) is 0 Å². The van der Waals surface area contributed by atoms with E-state index in [9.17, 15) is 0 Å². The summed E-state index contributed by atoms with van der Waals surface area (Å²) in [6.07, 6.45) is 0. The number of nitrogens with zero attached hydrogens (tertiary/aromatic N) is 1. The highest BCUT2D eigenvalue weighted by molar-refractivity contribution is 6.21. The minimum Gasteiger partial charge on any atom is -0.303 e. The summed E-state index contributed by atoms with van der Waals surface area (Å²) in [6.45, 7) is 14.2. The molecule has 11 heavy (non-hydrogen) atoms. The first kappa shape index (κ1) is 10.9. The van der Waals surface area contributed by atoms with Crippen LogP contribution >= 0.6 is 0 Å². The van der Waals surface area contributed by atoms with E-state index in [0.29, 0.717) is 5.92 Å². The maximum Gasteiger partial charge on any atom is 0.0329 e. The molecule has 0 fully saturated rings. The fourth-order valence-corrected chi connectivity index (χ4v) is 1.21. The average Bonchev–Trinajstić information content (AvgIpc) is 1.99. The molecule has 0 heterocycles. The Kier molecular flexibility index (Phi) is 5.51. The van der Waals surface area contributed by atoms with Crippen LogP contribution in [0.15, 0.2) is 11.8 Å². The molecule has 0 radical (unpaired) electrons. The van der Waals surface area contributed by atoms with Gasteiger partial charge in [-0.05, 0) is 19.0 Å². The zero-order valence-electron chi connectivity index (χ0n) is 8.35. The van der Waals surface area contributed by atoms with Crippen molar-refractivity contribution in [3.63, 3.8) is 0 Å². The molecule has 0 saturated heterocycles. The smallest absolute Gasteiger partial charge is 0.0329 e. The molecule has 2 heteroatoms. The molecular formula is C9H21NSi. The number of hydrogen-bond acceptors (Lipinski definition) is 1. The molecule has 0 saturated carbocycles. The van der Waals surface area contributed by atoms with E-state index in [0.717, 1.165) is 23.3 Å². The van der Waals surface area contributed by atoms with Crippen molar-refractivity contribution in [2.24, 2.45) is 5.92 Å². The highest BCUT2D eigenvalue weighted by Gasteiger charge is 2.06. The van der Waals surface area contributed by atoms with Crippen LogP contribution in [0.2, 0.25) is 0 Å². The normalized spacial score (nSPS) is 13.8. The predicted octanol–water partition coefficient (Wildman–Crippen LogP) is 0.843. The van der Waals surface area contributed by atoms with Crippen LogP contribution in [0.1, 0.15) is 20.8 Å². The Labute approximate surface area is 73.9 Å². The van der Waals surface area contributed by atoms with E-state index < -0.39 is 0 Å². The summed E-state index contributed by atoms with van der Waals surface area (Å²) in [5, 5.41) is 1.43. The Morgan fingerprint density at radius 2 is 1.91 bits per heavy atom. The minimum absolute atomic E-state index is 0.696. The maximum absolute atomic E-state index is 4.01. The molecular weight excluding hydrogens is 150 g/mol. The van der Waals surface area contributed by atoms with E-state index in [1.807, 2.05) is 0 Å². The van der Waals surface area contributed by atoms with Crippen molar-refractivity contribution in [2.45, 2.75) is 20.8 Å². The predicted molar refractivity (Wildman–Crippen MR) is 56.0 cm³/mol. The van der Waals surface area contributed by atoms with Crippen molar-refractivity contribution in [1.82, 2.24) is 4.90 Å². The highest BCUT2D eigenvalue weighted by Crippen LogP contribution is 2.05. The molecule has 0 spiro atoms. The third kappa shape index (κ3) is 4.38. The molecule has 0 amide bonds. The van der Waals surface area contributed by atoms with Gasteiger partial charge in [0.25, 0.3) is 0 Å². The van der Waals surface area contributed by atoms with Gasteiger partial charge in [0, 0.05) is 16.8 Å². The zero-order chi connectivity index (χ0) is 8.85. The molecule has 1 unspecified atom stereocenters. The van der Waals surface area contributed by atoms with Crippen LogP contribution in [0.4, 0.5) is 0 Å². The Balaban J connectivity index is 3.71. The molecule has 0 aliphatic carbocycles. The lowest BCUT2D eigenvalue weighted by Gasteiger charge is -2.22. The molecule has 0 rings (SSSR count). The van der Waals surface area contributed by atoms with Gasteiger partial charge in [-0.2, -0.15) is 0 Å². The topological polar surface area (TPSA) is 3.24 Å². The van der Waals surface area contributed by atoms with Gasteiger partial charge in [0.15, 0.2) is 0 Å². The third-order valence-electron chi connectivity index (χ3n) is 2.27. The Hall–Kier alpha value is -0.0831. The Morgan fingerprint density at radius 3 is 2.18 bits per heavy atom. The fraction of sp³-hybridized carbons (Fsp3) is 0.778. The van der Waals surface area contributed by atoms with Crippen molar-refractivity contribution in [1.29, 1.82) is 0 Å². The largest absolute Gasteiger partial charge is 0.303 e. The minimum atomic E-state index is 0.696. The standard InChI is InChI=1S/C9H21NSi/c1-5-10(6-2)7-8(3)9(4)11/h8H,4-7H2,1-3,11H3. The van der Waals surface area contributed by atoms with Gasteiger partial charge in [0.05, 0.1) is 0 Å². The Bertz CT molecular complexity index is 119. The zero-order valence-corrected chi connectivity index (χ0v) is 10.4. The summed E-state index contributed by atoms with van der Waals surface area (Å²) in [6, 6.07) is 0. The second kappa shape index (κ2) is 5.55. The van der Waals surface area contributed by atoms with Crippen LogP contribution < -0.4 is 0 Å². The molecule has 1 nitrogen and oxygen atoms in total. The summed E-state index contributed by atoms with van der Waals surface area (Å²) in [7, 11) is 1.14. The lowest BCUT2D eigenvalue weighted by Crippen LogP contribution is -2.28. The first-order chi connectivity index (χ1) is 5.11. The van der Waals surface area contributed by atoms with Crippen LogP contribution in [-0.2, 0) is 0 Å². The third-order valence-corrected chi connectivity index (χ3v) is 3.25. The van der Waals surface area contributed by atoms with E-state index in [1.54, 1.807) is 0 Å². The van der Waals surface area contributed by atoms with E-state index in [-0.39, 0.29) is 0 Å². The van der Waals surface area contributed by atoms with E-state index in [2.05, 4.69) is 32.3 Å². The molecule has 1 atom stereocenters. The maximum atomic E-state index is 4.01. The van der Waals surface area contributed by atoms with Gasteiger partial charge in [-0.15, -0.1) is 6.58 Å². The van der Waals surface area contributed by atoms with Crippen LogP contribution in [0.25, 0.3) is 0 Å². The van der Waals surface area contributed by atoms with Gasteiger partial charge in [-0.1, -0.05) is 26.0 Å². The fourth-order valence-electron chi connectivity index (χ4n) is 1.02. The van der Waals surface area contributed by atoms with Gasteiger partial charge >= 0.3 is 0 Å². The van der Waals surface area contributed by atoms with Crippen molar-refractivity contribution >= 4 is 10.2 Å². The molecule has 0 aromatic rings. The lowest BCUT2D eigenvalue weighted by molar-refractivity contribution is 0.279. The second-order valence-electron chi connectivity index (χ2n) is 3.23. The lowest BCUT2D eigenvalue weighted by atomic mass is 10.1. The monoisotopic (exact) mass is 171 g/mol. The molecule has 0 N–H and O–H groups in total. The van der Waals surface area contributed by atoms with E-state index in [1.165, 1.54) is 11.7 Å². The first-order valence-corrected chi connectivity index (χ1v) is 5.49. The van der Waals surface area contributed by atoms with Crippen molar-refractivity contribution in [2.75, 3.05) is 19.6 Å². The van der Waals surface area contributed by atoms with Crippen molar-refractivity contribution in [3.05, 3.63) is 11.8 Å². The highest BCUT2D eigenvalue weighted by atomic mass is 28.1. The quantitative estimate of drug-likeness (QED) is 0.554. The van der Waals surface area contributed by atoms with Gasteiger partial charge < -0.3 is 4.90 Å². The summed E-state index contributed by atoms with van der Waals surface area (Å²) in [4.78, 5) is 2.45. The summed E-state index contributed by atoms with van der Waals surface area (Å²) in [5.74, 6) is 0.696. The summed E-state index contributed by atoms with van der Waals surface area (Å²) in [5.41, 5.74) is 0. The summed E-state index contributed by atoms with van der Waals surface area (Å²) >= 11 is 0. The first-order valence-electron chi connectivity index (χ1n) is 4.49. The van der Waals surface area contributed by atoms with Gasteiger partial charge in [0.1, 0.15) is 0 Å². The Morgan fingerprint density at radius 1 is 1.45 bits per heavy atom. The molecule has 66 valence electrons. The van der Waals surface area contributed by atoms with Crippen LogP contribution in [0, 0.1) is 5.92 Å². The molecule has 0 aromatic heterocycles. The van der Waals surface area contributed by atoms with Crippen molar-refractivity contribution in [3.8, 4) is 0 Å². The van der Waals surface area contributed by atoms with Crippen LogP contribution in [0.5, 0.6) is 0 Å².